The van der Waals surface area contributed by atoms with Gasteiger partial charge in [-0.15, -0.1) is 0 Å². The van der Waals surface area contributed by atoms with E-state index in [4.69, 9.17) is 4.74 Å². The highest BCUT2D eigenvalue weighted by atomic mass is 32.2. The average molecular weight is 388 g/mol. The van der Waals surface area contributed by atoms with Crippen LogP contribution >= 0.6 is 0 Å². The summed E-state index contributed by atoms with van der Waals surface area (Å²) in [6.07, 6.45) is 1.80. The van der Waals surface area contributed by atoms with E-state index >= 15 is 0 Å². The van der Waals surface area contributed by atoms with Crippen molar-refractivity contribution in [2.75, 3.05) is 19.7 Å². The molecule has 2 aromatic carbocycles. The molecule has 0 atom stereocenters. The number of nitrogens with one attached hydrogen (secondary N) is 1. The number of hydrogen-bond acceptors (Lipinski definition) is 4. The lowest BCUT2D eigenvalue weighted by atomic mass is 10.2. The van der Waals surface area contributed by atoms with Crippen molar-refractivity contribution in [1.29, 1.82) is 0 Å². The molecule has 3 rings (SSSR count). The molecule has 0 spiro atoms. The summed E-state index contributed by atoms with van der Waals surface area (Å²) in [6, 6.07) is 14.4. The fraction of sp³-hybridized carbons (Fsp3) is 0.350. The molecular formula is C20H24N2O4S. The lowest BCUT2D eigenvalue weighted by molar-refractivity contribution is -0.123. The summed E-state index contributed by atoms with van der Waals surface area (Å²) in [6.45, 7) is 3.24. The molecule has 1 amide bonds. The molecule has 0 saturated carbocycles. The maximum atomic E-state index is 12.6. The number of amides is 1. The zero-order valence-electron chi connectivity index (χ0n) is 15.3. The van der Waals surface area contributed by atoms with Gasteiger partial charge in [-0.3, -0.25) is 4.79 Å². The zero-order valence-corrected chi connectivity index (χ0v) is 16.2. The maximum Gasteiger partial charge on any atom is 0.258 e. The predicted molar refractivity (Wildman–Crippen MR) is 103 cm³/mol. The van der Waals surface area contributed by atoms with Gasteiger partial charge in [0.15, 0.2) is 6.61 Å². The Hall–Kier alpha value is -2.38. The maximum absolute atomic E-state index is 12.6. The fourth-order valence-electron chi connectivity index (χ4n) is 3.01. The molecule has 0 aromatic heterocycles. The average Bonchev–Trinajstić information content (AvgIpc) is 3.22. The van der Waals surface area contributed by atoms with Crippen molar-refractivity contribution < 1.29 is 17.9 Å². The summed E-state index contributed by atoms with van der Waals surface area (Å²) >= 11 is 0. The fourth-order valence-corrected chi connectivity index (χ4v) is 4.62. The van der Waals surface area contributed by atoms with Crippen LogP contribution in [-0.4, -0.2) is 38.3 Å². The molecule has 1 aliphatic heterocycles. The third-order valence-corrected chi connectivity index (χ3v) is 6.44. The first-order valence-corrected chi connectivity index (χ1v) is 10.4. The van der Waals surface area contributed by atoms with Gasteiger partial charge in [0.25, 0.3) is 5.91 Å². The number of rotatable bonds is 7. The van der Waals surface area contributed by atoms with Gasteiger partial charge in [0.2, 0.25) is 10.0 Å². The van der Waals surface area contributed by atoms with Crippen LogP contribution in [-0.2, 0) is 21.4 Å². The highest BCUT2D eigenvalue weighted by Crippen LogP contribution is 2.26. The van der Waals surface area contributed by atoms with Gasteiger partial charge in [-0.2, -0.15) is 4.31 Å². The van der Waals surface area contributed by atoms with E-state index in [-0.39, 0.29) is 17.4 Å². The Morgan fingerprint density at radius 3 is 2.48 bits per heavy atom. The molecule has 7 heteroatoms. The first-order chi connectivity index (χ1) is 13.0. The van der Waals surface area contributed by atoms with Crippen molar-refractivity contribution in [3.63, 3.8) is 0 Å². The van der Waals surface area contributed by atoms with Gasteiger partial charge >= 0.3 is 0 Å². The van der Waals surface area contributed by atoms with Gasteiger partial charge in [-0.05, 0) is 49.1 Å². The Labute approximate surface area is 160 Å². The molecule has 0 unspecified atom stereocenters. The van der Waals surface area contributed by atoms with Crippen LogP contribution in [0.1, 0.15) is 24.0 Å². The van der Waals surface area contributed by atoms with Gasteiger partial charge in [-0.1, -0.05) is 30.3 Å². The van der Waals surface area contributed by atoms with Crippen molar-refractivity contribution in [1.82, 2.24) is 9.62 Å². The lowest BCUT2D eigenvalue weighted by Gasteiger charge is -2.17. The second-order valence-electron chi connectivity index (χ2n) is 6.59. The lowest BCUT2D eigenvalue weighted by Crippen LogP contribution is -2.29. The van der Waals surface area contributed by atoms with Crippen LogP contribution in [0.4, 0.5) is 0 Å². The summed E-state index contributed by atoms with van der Waals surface area (Å²) in [5.74, 6) is 0.275. The van der Waals surface area contributed by atoms with E-state index in [0.29, 0.717) is 30.9 Å². The van der Waals surface area contributed by atoms with Crippen molar-refractivity contribution in [2.45, 2.75) is 31.2 Å². The van der Waals surface area contributed by atoms with Crippen molar-refractivity contribution >= 4 is 15.9 Å². The number of aryl methyl sites for hydroxylation is 1. The van der Waals surface area contributed by atoms with E-state index in [0.717, 1.165) is 18.4 Å². The normalized spacial score (nSPS) is 14.9. The third kappa shape index (κ3) is 4.87. The van der Waals surface area contributed by atoms with Crippen LogP contribution in [0.5, 0.6) is 5.75 Å². The quantitative estimate of drug-likeness (QED) is 0.791. The zero-order chi connectivity index (χ0) is 19.3. The number of nitrogens with zero attached hydrogens (tertiary/aromatic N) is 1. The summed E-state index contributed by atoms with van der Waals surface area (Å²) in [5.41, 5.74) is 1.70. The number of ether oxygens (including phenoxy) is 1. The second kappa shape index (κ2) is 8.54. The largest absolute Gasteiger partial charge is 0.484 e. The standard InChI is InChI=1S/C20H24N2O4S/c1-16-13-18(27(24,25)22-11-5-6-12-22)9-10-19(16)26-15-20(23)21-14-17-7-3-2-4-8-17/h2-4,7-10,13H,5-6,11-12,14-15H2,1H3,(H,21,23). The Kier molecular flexibility index (Phi) is 6.13. The van der Waals surface area contributed by atoms with Crippen LogP contribution in [0.2, 0.25) is 0 Å². The molecule has 6 nitrogen and oxygen atoms in total. The monoisotopic (exact) mass is 388 g/mol. The Morgan fingerprint density at radius 1 is 1.11 bits per heavy atom. The van der Waals surface area contributed by atoms with Crippen LogP contribution in [0.25, 0.3) is 0 Å². The molecule has 27 heavy (non-hydrogen) atoms. The van der Waals surface area contributed by atoms with E-state index in [1.807, 2.05) is 30.3 Å². The Morgan fingerprint density at radius 2 is 1.81 bits per heavy atom. The van der Waals surface area contributed by atoms with Gasteiger partial charge < -0.3 is 10.1 Å². The minimum absolute atomic E-state index is 0.119. The minimum Gasteiger partial charge on any atom is -0.484 e. The van der Waals surface area contributed by atoms with Crippen LogP contribution < -0.4 is 10.1 Å². The van der Waals surface area contributed by atoms with Crippen molar-refractivity contribution in [2.24, 2.45) is 0 Å². The molecule has 0 radical (unpaired) electrons. The van der Waals surface area contributed by atoms with E-state index in [9.17, 15) is 13.2 Å². The highest BCUT2D eigenvalue weighted by Gasteiger charge is 2.27. The molecule has 1 saturated heterocycles. The Balaban J connectivity index is 1.57. The summed E-state index contributed by atoms with van der Waals surface area (Å²) in [7, 11) is -3.45. The van der Waals surface area contributed by atoms with Crippen LogP contribution in [0.15, 0.2) is 53.4 Å². The number of sulfonamides is 1. The van der Waals surface area contributed by atoms with Gasteiger partial charge in [-0.25, -0.2) is 8.42 Å². The summed E-state index contributed by atoms with van der Waals surface area (Å²) in [5, 5.41) is 2.79. The molecule has 0 aliphatic carbocycles. The van der Waals surface area contributed by atoms with Gasteiger partial charge in [0, 0.05) is 19.6 Å². The molecule has 1 N–H and O–H groups in total. The highest BCUT2D eigenvalue weighted by molar-refractivity contribution is 7.89. The molecule has 0 bridgehead atoms. The first-order valence-electron chi connectivity index (χ1n) is 9.01. The third-order valence-electron chi connectivity index (χ3n) is 4.54. The Bertz CT molecular complexity index is 891. The number of carbonyl (C=O) groups excluding carboxylic acids is 1. The van der Waals surface area contributed by atoms with Crippen molar-refractivity contribution in [3.8, 4) is 5.75 Å². The topological polar surface area (TPSA) is 75.7 Å². The molecular weight excluding hydrogens is 364 g/mol. The second-order valence-corrected chi connectivity index (χ2v) is 8.53. The molecule has 2 aromatic rings. The summed E-state index contributed by atoms with van der Waals surface area (Å²) in [4.78, 5) is 12.2. The van der Waals surface area contributed by atoms with E-state index in [1.54, 1.807) is 19.1 Å². The molecule has 144 valence electrons. The van der Waals surface area contributed by atoms with E-state index < -0.39 is 10.0 Å². The molecule has 1 fully saturated rings. The SMILES string of the molecule is Cc1cc(S(=O)(=O)N2CCCC2)ccc1OCC(=O)NCc1ccccc1. The molecule has 1 heterocycles. The minimum atomic E-state index is -3.45. The smallest absolute Gasteiger partial charge is 0.258 e. The number of carbonyl (C=O) groups is 1. The van der Waals surface area contributed by atoms with Crippen LogP contribution in [0.3, 0.4) is 0 Å². The van der Waals surface area contributed by atoms with E-state index in [1.165, 1.54) is 10.4 Å². The van der Waals surface area contributed by atoms with Crippen LogP contribution in [0, 0.1) is 6.92 Å². The molecule has 1 aliphatic rings. The van der Waals surface area contributed by atoms with Crippen molar-refractivity contribution in [3.05, 3.63) is 59.7 Å². The van der Waals surface area contributed by atoms with E-state index in [2.05, 4.69) is 5.32 Å². The predicted octanol–water partition coefficient (Wildman–Crippen LogP) is 2.47. The van der Waals surface area contributed by atoms with Gasteiger partial charge in [0.05, 0.1) is 4.90 Å². The number of benzene rings is 2. The first kappa shape index (κ1) is 19.4. The van der Waals surface area contributed by atoms with Gasteiger partial charge in [0.1, 0.15) is 5.75 Å². The summed E-state index contributed by atoms with van der Waals surface area (Å²) < 4.78 is 32.3. The number of hydrogen-bond donors (Lipinski definition) is 1.